The van der Waals surface area contributed by atoms with E-state index in [0.29, 0.717) is 19.4 Å². The van der Waals surface area contributed by atoms with Crippen LogP contribution >= 0.6 is 0 Å². The minimum Gasteiger partial charge on any atom is -0.481 e. The number of sulfone groups is 1. The molecule has 0 aromatic heterocycles. The minimum atomic E-state index is -3.36. The molecule has 0 bridgehead atoms. The third-order valence-corrected chi connectivity index (χ3v) is 5.87. The molecule has 0 aromatic carbocycles. The van der Waals surface area contributed by atoms with Gasteiger partial charge in [-0.05, 0) is 12.8 Å². The maximum atomic E-state index is 12.3. The molecule has 1 amide bonds. The normalized spacial score (nSPS) is 29.9. The summed E-state index contributed by atoms with van der Waals surface area (Å²) in [6.07, 6.45) is 0.968. The average Bonchev–Trinajstić information content (AvgIpc) is 2.37. The topological polar surface area (TPSA) is 101 Å². The number of carbonyl (C=O) groups excluding carboxylic acids is 1. The Morgan fingerprint density at radius 2 is 2.05 bits per heavy atom. The van der Waals surface area contributed by atoms with Gasteiger partial charge in [0.05, 0.1) is 24.9 Å². The summed E-state index contributed by atoms with van der Waals surface area (Å²) in [7, 11) is -3.36. The molecule has 0 saturated carbocycles. The quantitative estimate of drug-likeness (QED) is 0.765. The van der Waals surface area contributed by atoms with Crippen LogP contribution in [0.2, 0.25) is 0 Å². The predicted molar refractivity (Wildman–Crippen MR) is 70.0 cm³/mol. The number of carboxylic acid groups (broad SMARTS) is 1. The first-order valence-corrected chi connectivity index (χ1v) is 8.45. The molecule has 2 saturated heterocycles. The third-order valence-electron chi connectivity index (χ3n) is 3.71. The maximum absolute atomic E-state index is 12.3. The lowest BCUT2D eigenvalue weighted by molar-refractivity contribution is -0.147. The maximum Gasteiger partial charge on any atom is 0.306 e. The molecule has 2 atom stereocenters. The number of carboxylic acids is 1. The van der Waals surface area contributed by atoms with Gasteiger partial charge in [0.1, 0.15) is 5.25 Å². The largest absolute Gasteiger partial charge is 0.481 e. The number of hydrogen-bond donors (Lipinski definition) is 1. The molecule has 2 aliphatic rings. The van der Waals surface area contributed by atoms with Crippen molar-refractivity contribution in [3.8, 4) is 0 Å². The Kier molecular flexibility index (Phi) is 4.64. The van der Waals surface area contributed by atoms with Crippen molar-refractivity contribution in [1.82, 2.24) is 4.90 Å². The van der Waals surface area contributed by atoms with E-state index in [2.05, 4.69) is 0 Å². The van der Waals surface area contributed by atoms with Crippen LogP contribution in [0.1, 0.15) is 25.7 Å². The van der Waals surface area contributed by atoms with Crippen LogP contribution in [0.15, 0.2) is 0 Å². The highest BCUT2D eigenvalue weighted by molar-refractivity contribution is 7.92. The van der Waals surface area contributed by atoms with E-state index in [1.807, 2.05) is 0 Å². The second-order valence-corrected chi connectivity index (χ2v) is 7.53. The van der Waals surface area contributed by atoms with Gasteiger partial charge in [-0.25, -0.2) is 8.42 Å². The summed E-state index contributed by atoms with van der Waals surface area (Å²) < 4.78 is 29.2. The molecule has 2 fully saturated rings. The highest BCUT2D eigenvalue weighted by Gasteiger charge is 2.39. The average molecular weight is 305 g/mol. The van der Waals surface area contributed by atoms with Crippen molar-refractivity contribution in [3.05, 3.63) is 0 Å². The van der Waals surface area contributed by atoms with Crippen LogP contribution in [-0.4, -0.2) is 67.1 Å². The first-order chi connectivity index (χ1) is 9.40. The number of nitrogens with zero attached hydrogens (tertiary/aromatic N) is 1. The smallest absolute Gasteiger partial charge is 0.306 e. The van der Waals surface area contributed by atoms with Gasteiger partial charge in [-0.2, -0.15) is 0 Å². The lowest BCUT2D eigenvalue weighted by Crippen LogP contribution is -2.52. The summed E-state index contributed by atoms with van der Waals surface area (Å²) >= 11 is 0. The summed E-state index contributed by atoms with van der Waals surface area (Å²) in [5.41, 5.74) is 0. The van der Waals surface area contributed by atoms with Crippen LogP contribution in [-0.2, 0) is 24.2 Å². The number of ether oxygens (including phenoxy) is 1. The molecule has 0 radical (unpaired) electrons. The van der Waals surface area contributed by atoms with Crippen LogP contribution in [0.3, 0.4) is 0 Å². The Hall–Kier alpha value is -1.15. The van der Waals surface area contributed by atoms with Crippen LogP contribution in [0.5, 0.6) is 0 Å². The molecule has 2 aliphatic heterocycles. The molecule has 1 N–H and O–H groups in total. The van der Waals surface area contributed by atoms with Crippen LogP contribution < -0.4 is 0 Å². The summed E-state index contributed by atoms with van der Waals surface area (Å²) in [5, 5.41) is 7.78. The van der Waals surface area contributed by atoms with E-state index >= 15 is 0 Å². The number of amides is 1. The Labute approximate surface area is 117 Å². The second-order valence-electron chi connectivity index (χ2n) is 5.23. The third kappa shape index (κ3) is 3.49. The Balaban J connectivity index is 2.03. The van der Waals surface area contributed by atoms with Gasteiger partial charge >= 0.3 is 5.97 Å². The van der Waals surface area contributed by atoms with Gasteiger partial charge < -0.3 is 14.7 Å². The molecule has 0 aromatic rings. The molecular formula is C12H19NO6S. The fraction of sp³-hybridized carbons (Fsp3) is 0.833. The van der Waals surface area contributed by atoms with Crippen LogP contribution in [0.25, 0.3) is 0 Å². The molecular weight excluding hydrogens is 286 g/mol. The van der Waals surface area contributed by atoms with Gasteiger partial charge in [0, 0.05) is 13.1 Å². The fourth-order valence-corrected chi connectivity index (χ4v) is 4.55. The number of rotatable bonds is 3. The van der Waals surface area contributed by atoms with Gasteiger partial charge in [-0.1, -0.05) is 6.42 Å². The SMILES string of the molecule is O=C(O)CC1CN(C(=O)C2CCCCS2(=O)=O)CCO1. The summed E-state index contributed by atoms with van der Waals surface area (Å²) in [4.78, 5) is 24.4. The first-order valence-electron chi connectivity index (χ1n) is 6.74. The second kappa shape index (κ2) is 6.09. The first kappa shape index (κ1) is 15.2. The predicted octanol–water partition coefficient (Wildman–Crippen LogP) is -0.344. The van der Waals surface area contributed by atoms with Crippen molar-refractivity contribution < 1.29 is 27.9 Å². The molecule has 8 heteroatoms. The molecule has 114 valence electrons. The molecule has 2 rings (SSSR count). The Bertz CT molecular complexity index is 488. The number of carbonyl (C=O) groups is 2. The van der Waals surface area contributed by atoms with Gasteiger partial charge in [0.25, 0.3) is 0 Å². The molecule has 0 spiro atoms. The van der Waals surface area contributed by atoms with Crippen molar-refractivity contribution in [1.29, 1.82) is 0 Å². The van der Waals surface area contributed by atoms with E-state index in [0.717, 1.165) is 6.42 Å². The van der Waals surface area contributed by atoms with Gasteiger partial charge in [-0.15, -0.1) is 0 Å². The van der Waals surface area contributed by atoms with Crippen molar-refractivity contribution in [2.24, 2.45) is 0 Å². The summed E-state index contributed by atoms with van der Waals surface area (Å²) in [5.74, 6) is -1.33. The van der Waals surface area contributed by atoms with E-state index in [-0.39, 0.29) is 25.3 Å². The highest BCUT2D eigenvalue weighted by atomic mass is 32.2. The summed E-state index contributed by atoms with van der Waals surface area (Å²) in [6, 6.07) is 0. The Morgan fingerprint density at radius 1 is 1.30 bits per heavy atom. The monoisotopic (exact) mass is 305 g/mol. The van der Waals surface area contributed by atoms with Crippen molar-refractivity contribution >= 4 is 21.7 Å². The van der Waals surface area contributed by atoms with E-state index < -0.39 is 33.1 Å². The zero-order chi connectivity index (χ0) is 14.8. The van der Waals surface area contributed by atoms with Gasteiger partial charge in [0.2, 0.25) is 5.91 Å². The van der Waals surface area contributed by atoms with Crippen LogP contribution in [0, 0.1) is 0 Å². The molecule has 2 heterocycles. The van der Waals surface area contributed by atoms with Crippen molar-refractivity contribution in [3.63, 3.8) is 0 Å². The van der Waals surface area contributed by atoms with Gasteiger partial charge in [0.15, 0.2) is 9.84 Å². The molecule has 20 heavy (non-hydrogen) atoms. The van der Waals surface area contributed by atoms with E-state index in [1.54, 1.807) is 0 Å². The Morgan fingerprint density at radius 3 is 2.70 bits per heavy atom. The van der Waals surface area contributed by atoms with Crippen molar-refractivity contribution in [2.75, 3.05) is 25.4 Å². The lowest BCUT2D eigenvalue weighted by Gasteiger charge is -2.35. The lowest BCUT2D eigenvalue weighted by atomic mass is 10.1. The molecule has 2 unspecified atom stereocenters. The van der Waals surface area contributed by atoms with Crippen molar-refractivity contribution in [2.45, 2.75) is 37.0 Å². The molecule has 0 aliphatic carbocycles. The highest BCUT2D eigenvalue weighted by Crippen LogP contribution is 2.22. The zero-order valence-electron chi connectivity index (χ0n) is 11.2. The van der Waals surface area contributed by atoms with E-state index in [1.165, 1.54) is 4.90 Å². The standard InChI is InChI=1S/C12H19NO6S/c14-11(15)7-9-8-13(4-5-19-9)12(16)10-3-1-2-6-20(10,17)18/h9-10H,1-8H2,(H,14,15). The zero-order valence-corrected chi connectivity index (χ0v) is 12.0. The van der Waals surface area contributed by atoms with E-state index in [4.69, 9.17) is 9.84 Å². The summed E-state index contributed by atoms with van der Waals surface area (Å²) in [6.45, 7) is 0.717. The molecule has 7 nitrogen and oxygen atoms in total. The fourth-order valence-electron chi connectivity index (χ4n) is 2.67. The van der Waals surface area contributed by atoms with Gasteiger partial charge in [-0.3, -0.25) is 9.59 Å². The number of morpholine rings is 1. The number of hydrogen-bond acceptors (Lipinski definition) is 5. The minimum absolute atomic E-state index is 0.0618. The van der Waals surface area contributed by atoms with Crippen LogP contribution in [0.4, 0.5) is 0 Å². The van der Waals surface area contributed by atoms with E-state index in [9.17, 15) is 18.0 Å². The number of aliphatic carboxylic acids is 1.